The van der Waals surface area contributed by atoms with E-state index in [4.69, 9.17) is 4.74 Å². The van der Waals surface area contributed by atoms with E-state index in [0.29, 0.717) is 21.3 Å². The average molecular weight is 360 g/mol. The molecule has 0 spiro atoms. The van der Waals surface area contributed by atoms with E-state index >= 15 is 0 Å². The van der Waals surface area contributed by atoms with Crippen molar-refractivity contribution in [2.24, 2.45) is 5.41 Å². The van der Waals surface area contributed by atoms with Crippen molar-refractivity contribution in [2.45, 2.75) is 34.6 Å². The van der Waals surface area contributed by atoms with Crippen molar-refractivity contribution in [1.29, 1.82) is 0 Å². The minimum Gasteiger partial charge on any atom is -0.495 e. The van der Waals surface area contributed by atoms with E-state index in [1.807, 2.05) is 58.9 Å². The summed E-state index contributed by atoms with van der Waals surface area (Å²) in [6.07, 6.45) is 0. The van der Waals surface area contributed by atoms with E-state index in [0.717, 1.165) is 11.1 Å². The largest absolute Gasteiger partial charge is 0.495 e. The summed E-state index contributed by atoms with van der Waals surface area (Å²) in [6.45, 7) is 9.35. The highest BCUT2D eigenvalue weighted by molar-refractivity contribution is 7.18. The summed E-state index contributed by atoms with van der Waals surface area (Å²) in [7, 11) is 1.57. The van der Waals surface area contributed by atoms with Crippen LogP contribution in [-0.2, 0) is 4.79 Å². The van der Waals surface area contributed by atoms with E-state index in [1.165, 1.54) is 11.3 Å². The minimum atomic E-state index is -0.491. The first-order valence-electron chi connectivity index (χ1n) is 7.99. The van der Waals surface area contributed by atoms with E-state index in [-0.39, 0.29) is 11.8 Å². The molecule has 1 heterocycles. The zero-order valence-electron chi connectivity index (χ0n) is 15.4. The van der Waals surface area contributed by atoms with Gasteiger partial charge in [0.05, 0.1) is 22.7 Å². The molecule has 0 saturated heterocycles. The predicted molar refractivity (Wildman–Crippen MR) is 103 cm³/mol. The second kappa shape index (κ2) is 7.27. The van der Waals surface area contributed by atoms with Crippen molar-refractivity contribution in [3.63, 3.8) is 0 Å². The zero-order valence-corrected chi connectivity index (χ0v) is 16.3. The molecule has 0 fully saturated rings. The molecule has 0 aliphatic carbocycles. The van der Waals surface area contributed by atoms with Gasteiger partial charge in [0, 0.05) is 5.41 Å². The summed E-state index contributed by atoms with van der Waals surface area (Å²) in [5.74, 6) is 0.304. The van der Waals surface area contributed by atoms with Crippen LogP contribution in [-0.4, -0.2) is 18.9 Å². The highest BCUT2D eigenvalue weighted by atomic mass is 32.1. The first-order valence-corrected chi connectivity index (χ1v) is 8.81. The molecule has 0 unspecified atom stereocenters. The normalized spacial score (nSPS) is 11.1. The molecule has 6 heteroatoms. The Labute approximate surface area is 152 Å². The number of aryl methyl sites for hydroxylation is 2. The molecule has 2 N–H and O–H groups in total. The van der Waals surface area contributed by atoms with Crippen LogP contribution >= 0.6 is 11.3 Å². The van der Waals surface area contributed by atoms with E-state index in [2.05, 4.69) is 10.6 Å². The first-order chi connectivity index (χ1) is 11.6. The molecule has 25 heavy (non-hydrogen) atoms. The number of anilines is 2. The van der Waals surface area contributed by atoms with Crippen molar-refractivity contribution in [1.82, 2.24) is 0 Å². The Kier molecular flexibility index (Phi) is 5.52. The quantitative estimate of drug-likeness (QED) is 0.836. The number of ether oxygens (including phenoxy) is 1. The second-order valence-electron chi connectivity index (χ2n) is 6.98. The average Bonchev–Trinajstić information content (AvgIpc) is 2.87. The molecule has 2 amide bonds. The molecule has 0 bridgehead atoms. The highest BCUT2D eigenvalue weighted by Crippen LogP contribution is 2.31. The topological polar surface area (TPSA) is 67.4 Å². The molecule has 1 aromatic heterocycles. The molecule has 0 aliphatic rings. The fraction of sp³-hybridized carbons (Fsp3) is 0.368. The zero-order chi connectivity index (χ0) is 18.8. The lowest BCUT2D eigenvalue weighted by Gasteiger charge is -2.16. The fourth-order valence-electron chi connectivity index (χ4n) is 2.17. The lowest BCUT2D eigenvalue weighted by molar-refractivity contribution is -0.123. The molecule has 2 rings (SSSR count). The van der Waals surface area contributed by atoms with Crippen molar-refractivity contribution in [3.05, 3.63) is 40.3 Å². The summed E-state index contributed by atoms with van der Waals surface area (Å²) in [5.41, 5.74) is 1.98. The Bertz CT molecular complexity index is 803. The third-order valence-electron chi connectivity index (χ3n) is 3.65. The monoisotopic (exact) mass is 360 g/mol. The van der Waals surface area contributed by atoms with Gasteiger partial charge in [-0.1, -0.05) is 26.8 Å². The maximum Gasteiger partial charge on any atom is 0.266 e. The number of nitrogens with one attached hydrogen (secondary N) is 2. The Hall–Kier alpha value is -2.34. The van der Waals surface area contributed by atoms with Crippen LogP contribution in [0.25, 0.3) is 0 Å². The smallest absolute Gasteiger partial charge is 0.266 e. The molecule has 0 aliphatic heterocycles. The fourth-order valence-corrected chi connectivity index (χ4v) is 3.13. The molecule has 1 aromatic carbocycles. The van der Waals surface area contributed by atoms with Gasteiger partial charge in [-0.3, -0.25) is 9.59 Å². The van der Waals surface area contributed by atoms with Crippen LogP contribution < -0.4 is 15.4 Å². The van der Waals surface area contributed by atoms with E-state index in [9.17, 15) is 9.59 Å². The van der Waals surface area contributed by atoms with Crippen LogP contribution in [0.4, 0.5) is 10.7 Å². The number of carbonyl (C=O) groups is 2. The van der Waals surface area contributed by atoms with Gasteiger partial charge in [0.25, 0.3) is 5.91 Å². The maximum atomic E-state index is 12.6. The van der Waals surface area contributed by atoms with Crippen molar-refractivity contribution >= 4 is 33.8 Å². The lowest BCUT2D eigenvalue weighted by atomic mass is 9.96. The minimum absolute atomic E-state index is 0.0824. The summed E-state index contributed by atoms with van der Waals surface area (Å²) < 4.78 is 5.29. The van der Waals surface area contributed by atoms with Gasteiger partial charge < -0.3 is 15.4 Å². The molecule has 5 nitrogen and oxygen atoms in total. The number of rotatable bonds is 4. The van der Waals surface area contributed by atoms with E-state index < -0.39 is 5.41 Å². The molecule has 0 radical (unpaired) electrons. The molecular formula is C19H24N2O3S. The van der Waals surface area contributed by atoms with E-state index in [1.54, 1.807) is 7.11 Å². The summed E-state index contributed by atoms with van der Waals surface area (Å²) >= 11 is 1.26. The Balaban J connectivity index is 2.21. The molecule has 0 atom stereocenters. The molecule has 0 saturated carbocycles. The van der Waals surface area contributed by atoms with Crippen LogP contribution in [0.1, 0.15) is 41.6 Å². The summed E-state index contributed by atoms with van der Waals surface area (Å²) in [6, 6.07) is 7.42. The number of amides is 2. The van der Waals surface area contributed by atoms with Gasteiger partial charge in [-0.25, -0.2) is 0 Å². The van der Waals surface area contributed by atoms with Crippen LogP contribution in [0, 0.1) is 19.3 Å². The molecular weight excluding hydrogens is 336 g/mol. The van der Waals surface area contributed by atoms with Gasteiger partial charge in [-0.15, -0.1) is 11.3 Å². The second-order valence-corrected chi connectivity index (χ2v) is 8.04. The number of hydrogen-bond donors (Lipinski definition) is 2. The number of benzene rings is 1. The third-order valence-corrected chi connectivity index (χ3v) is 4.80. The van der Waals surface area contributed by atoms with Gasteiger partial charge in [0.15, 0.2) is 0 Å². The first kappa shape index (κ1) is 19.0. The van der Waals surface area contributed by atoms with Gasteiger partial charge in [0.2, 0.25) is 5.91 Å². The predicted octanol–water partition coefficient (Wildman–Crippen LogP) is 4.61. The van der Waals surface area contributed by atoms with Crippen molar-refractivity contribution in [3.8, 4) is 5.75 Å². The van der Waals surface area contributed by atoms with Gasteiger partial charge in [-0.05, 0) is 43.2 Å². The van der Waals surface area contributed by atoms with Crippen LogP contribution in [0.15, 0.2) is 24.3 Å². The lowest BCUT2D eigenvalue weighted by Crippen LogP contribution is -2.27. The number of hydrogen-bond acceptors (Lipinski definition) is 4. The summed E-state index contributed by atoms with van der Waals surface area (Å²) in [4.78, 5) is 25.3. The standard InChI is InChI=1S/C19H24N2O3S/c1-11-7-8-14(24-6)13(9-11)20-17(22)16-12(2)10-15(25-16)21-18(23)19(3,4)5/h7-10H,1-6H3,(H,20,22)(H,21,23). The third kappa shape index (κ3) is 4.60. The van der Waals surface area contributed by atoms with Crippen molar-refractivity contribution in [2.75, 3.05) is 17.7 Å². The van der Waals surface area contributed by atoms with Crippen LogP contribution in [0.5, 0.6) is 5.75 Å². The number of carbonyl (C=O) groups excluding carboxylic acids is 2. The SMILES string of the molecule is COc1ccc(C)cc1NC(=O)c1sc(NC(=O)C(C)(C)C)cc1C. The molecule has 134 valence electrons. The van der Waals surface area contributed by atoms with Crippen LogP contribution in [0.3, 0.4) is 0 Å². The van der Waals surface area contributed by atoms with Crippen molar-refractivity contribution < 1.29 is 14.3 Å². The number of thiophene rings is 1. The molecule has 2 aromatic rings. The Morgan fingerprint density at radius 3 is 2.36 bits per heavy atom. The Morgan fingerprint density at radius 2 is 1.76 bits per heavy atom. The van der Waals surface area contributed by atoms with Gasteiger partial charge in [-0.2, -0.15) is 0 Å². The summed E-state index contributed by atoms with van der Waals surface area (Å²) in [5, 5.41) is 6.42. The van der Waals surface area contributed by atoms with Gasteiger partial charge >= 0.3 is 0 Å². The van der Waals surface area contributed by atoms with Gasteiger partial charge in [0.1, 0.15) is 5.75 Å². The highest BCUT2D eigenvalue weighted by Gasteiger charge is 2.23. The Morgan fingerprint density at radius 1 is 1.08 bits per heavy atom. The van der Waals surface area contributed by atoms with Crippen LogP contribution in [0.2, 0.25) is 0 Å². The maximum absolute atomic E-state index is 12.6. The number of methoxy groups -OCH3 is 1.